The van der Waals surface area contributed by atoms with Crippen LogP contribution in [0, 0.1) is 0 Å². The molecule has 0 aliphatic rings. The first kappa shape index (κ1) is 25.7. The molecule has 0 aliphatic carbocycles. The van der Waals surface area contributed by atoms with Crippen LogP contribution in [0.4, 0.5) is 0 Å². The number of hydrogen-bond donors (Lipinski definition) is 3. The molecule has 9 nitrogen and oxygen atoms in total. The molecule has 0 bridgehead atoms. The van der Waals surface area contributed by atoms with Gasteiger partial charge in [0.15, 0.2) is 0 Å². The monoisotopic (exact) mass is 320 g/mol. The van der Waals surface area contributed by atoms with Crippen molar-refractivity contribution >= 4 is 35.3 Å². The second-order valence-electron chi connectivity index (χ2n) is 2.58. The van der Waals surface area contributed by atoms with E-state index in [1.807, 2.05) is 0 Å². The Kier molecular flexibility index (Phi) is 18.9. The number of carbonyl (C=O) groups excluding carboxylic acids is 3. The largest absolute Gasteiger partial charge is 0.476 e. The van der Waals surface area contributed by atoms with E-state index in [-0.39, 0.29) is 17.1 Å². The fourth-order valence-corrected chi connectivity index (χ4v) is 0. The van der Waals surface area contributed by atoms with Gasteiger partial charge in [-0.3, -0.25) is 14.4 Å². The van der Waals surface area contributed by atoms with Crippen LogP contribution >= 0.6 is 0 Å². The van der Waals surface area contributed by atoms with Gasteiger partial charge >= 0.3 is 17.9 Å². The molecular weight excluding hydrogens is 308 g/mol. The third kappa shape index (κ3) is 31.4. The maximum atomic E-state index is 9.54. The molecule has 0 heterocycles. The minimum Gasteiger partial charge on any atom is -0.476 e. The zero-order chi connectivity index (χ0) is 15.5. The van der Waals surface area contributed by atoms with Crippen molar-refractivity contribution < 1.29 is 61.2 Å². The van der Waals surface area contributed by atoms with E-state index in [1.54, 1.807) is 0 Å². The zero-order valence-corrected chi connectivity index (χ0v) is 11.2. The molecule has 19 heavy (non-hydrogen) atoms. The van der Waals surface area contributed by atoms with E-state index in [4.69, 9.17) is 15.3 Å². The summed E-state index contributed by atoms with van der Waals surface area (Å²) in [6.07, 6.45) is 0. The van der Waals surface area contributed by atoms with E-state index in [2.05, 4.69) is 0 Å². The predicted molar refractivity (Wildman–Crippen MR) is 55.0 cm³/mol. The summed E-state index contributed by atoms with van der Waals surface area (Å²) in [5.41, 5.74) is 0. The number of carboxylic acids is 3. The molecule has 0 radical (unpaired) electrons. The summed E-state index contributed by atoms with van der Waals surface area (Å²) in [6.45, 7) is 3.01. The van der Waals surface area contributed by atoms with Gasteiger partial charge in [-0.05, 0) is 0 Å². The smallest absolute Gasteiger partial charge is 0.371 e. The quantitative estimate of drug-likeness (QED) is 0.436. The summed E-state index contributed by atoms with van der Waals surface area (Å²) in [7, 11) is 0. The Morgan fingerprint density at radius 3 is 0.579 bits per heavy atom. The Balaban J connectivity index is -0.0000000865. The molecule has 0 aromatic carbocycles. The Morgan fingerprint density at radius 1 is 0.526 bits per heavy atom. The molecule has 0 unspecified atom stereocenters. The van der Waals surface area contributed by atoms with Crippen molar-refractivity contribution in [1.29, 1.82) is 0 Å². The van der Waals surface area contributed by atoms with Gasteiger partial charge in [0.1, 0.15) is 0 Å². The van der Waals surface area contributed by atoms with Crippen LogP contribution in [-0.4, -0.2) is 50.6 Å². The van der Waals surface area contributed by atoms with Crippen molar-refractivity contribution in [1.82, 2.24) is 0 Å². The van der Waals surface area contributed by atoms with Crippen molar-refractivity contribution in [3.05, 3.63) is 0 Å². The Morgan fingerprint density at radius 2 is 0.579 bits per heavy atom. The SMILES string of the molecule is CC(=O)C(=O)O.CC(=O)C(=O)O.CC(=O)C(=O)O.[Fe]. The normalized spacial score (nSPS) is 7.11. The molecule has 0 aromatic heterocycles. The summed E-state index contributed by atoms with van der Waals surface area (Å²) < 4.78 is 0. The fraction of sp³-hybridized carbons (Fsp3) is 0.333. The Hall–Kier alpha value is -2.06. The minimum absolute atomic E-state index is 0. The molecule has 0 aliphatic heterocycles. The van der Waals surface area contributed by atoms with Crippen molar-refractivity contribution in [3.8, 4) is 0 Å². The number of carbonyl (C=O) groups is 6. The van der Waals surface area contributed by atoms with Crippen molar-refractivity contribution in [2.75, 3.05) is 0 Å². The van der Waals surface area contributed by atoms with E-state index in [9.17, 15) is 28.8 Å². The molecule has 0 spiro atoms. The maximum Gasteiger partial charge on any atom is 0.371 e. The van der Waals surface area contributed by atoms with Gasteiger partial charge in [-0.2, -0.15) is 0 Å². The number of aliphatic carboxylic acids is 3. The number of hydrogen-bond acceptors (Lipinski definition) is 6. The van der Waals surface area contributed by atoms with E-state index in [0.717, 1.165) is 20.8 Å². The summed E-state index contributed by atoms with van der Waals surface area (Å²) in [6, 6.07) is 0. The average molecular weight is 320 g/mol. The number of rotatable bonds is 3. The summed E-state index contributed by atoms with van der Waals surface area (Å²) in [5, 5.41) is 22.9. The molecule has 0 rings (SSSR count). The van der Waals surface area contributed by atoms with E-state index in [0.29, 0.717) is 0 Å². The van der Waals surface area contributed by atoms with Crippen LogP contribution in [0.2, 0.25) is 0 Å². The third-order valence-corrected chi connectivity index (χ3v) is 0.904. The molecule has 110 valence electrons. The molecule has 0 atom stereocenters. The van der Waals surface area contributed by atoms with E-state index >= 15 is 0 Å². The van der Waals surface area contributed by atoms with Crippen LogP contribution < -0.4 is 0 Å². The van der Waals surface area contributed by atoms with Crippen molar-refractivity contribution in [2.45, 2.75) is 20.8 Å². The summed E-state index contributed by atoms with van der Waals surface area (Å²) >= 11 is 0. The van der Waals surface area contributed by atoms with Gasteiger partial charge in [0.2, 0.25) is 17.3 Å². The van der Waals surface area contributed by atoms with Crippen molar-refractivity contribution in [3.63, 3.8) is 0 Å². The molecule has 3 N–H and O–H groups in total. The van der Waals surface area contributed by atoms with Gasteiger partial charge < -0.3 is 15.3 Å². The first-order valence-corrected chi connectivity index (χ1v) is 4.15. The van der Waals surface area contributed by atoms with Gasteiger partial charge in [-0.15, -0.1) is 0 Å². The molecule has 0 saturated carbocycles. The summed E-state index contributed by atoms with van der Waals surface area (Å²) in [5.74, 6) is -6.61. The standard InChI is InChI=1S/3C3H4O3.Fe/c3*1-2(4)3(5)6;/h3*1H3,(H,5,6);. The van der Waals surface area contributed by atoms with E-state index < -0.39 is 35.3 Å². The van der Waals surface area contributed by atoms with Crippen molar-refractivity contribution in [2.24, 2.45) is 0 Å². The number of ketones is 3. The minimum atomic E-state index is -1.38. The van der Waals surface area contributed by atoms with Crippen LogP contribution in [0.3, 0.4) is 0 Å². The maximum absolute atomic E-state index is 9.54. The third-order valence-electron chi connectivity index (χ3n) is 0.904. The first-order valence-electron chi connectivity index (χ1n) is 4.15. The van der Waals surface area contributed by atoms with Gasteiger partial charge in [-0.25, -0.2) is 14.4 Å². The van der Waals surface area contributed by atoms with Gasteiger partial charge in [0, 0.05) is 37.8 Å². The second-order valence-corrected chi connectivity index (χ2v) is 2.58. The first-order chi connectivity index (χ1) is 7.93. The number of carboxylic acid groups (broad SMARTS) is 3. The van der Waals surface area contributed by atoms with Gasteiger partial charge in [0.25, 0.3) is 0 Å². The zero-order valence-electron chi connectivity index (χ0n) is 10.1. The number of Topliss-reactive ketones (excluding diaryl/α,β-unsaturated/α-hetero) is 3. The van der Waals surface area contributed by atoms with E-state index in [1.165, 1.54) is 0 Å². The molecule has 0 saturated heterocycles. The van der Waals surface area contributed by atoms with Crippen LogP contribution in [0.15, 0.2) is 0 Å². The Bertz CT molecular complexity index is 279. The molecule has 0 aromatic rings. The molecule has 10 heteroatoms. The van der Waals surface area contributed by atoms with Crippen LogP contribution in [0.5, 0.6) is 0 Å². The fourth-order valence-electron chi connectivity index (χ4n) is 0. The molecular formula is C9H12FeO9. The predicted octanol–water partition coefficient (Wildman–Crippen LogP) is -1.02. The van der Waals surface area contributed by atoms with Crippen LogP contribution in [0.25, 0.3) is 0 Å². The summed E-state index contributed by atoms with van der Waals surface area (Å²) in [4.78, 5) is 56.7. The van der Waals surface area contributed by atoms with Crippen LogP contribution in [-0.2, 0) is 45.8 Å². The molecule has 0 amide bonds. The Labute approximate surface area is 118 Å². The average Bonchev–Trinajstić information content (AvgIpc) is 2.18. The topological polar surface area (TPSA) is 163 Å². The molecule has 0 fully saturated rings. The second kappa shape index (κ2) is 14.0. The van der Waals surface area contributed by atoms with Gasteiger partial charge in [-0.1, -0.05) is 0 Å². The van der Waals surface area contributed by atoms with Gasteiger partial charge in [0.05, 0.1) is 0 Å². The van der Waals surface area contributed by atoms with Crippen LogP contribution in [0.1, 0.15) is 20.8 Å².